The minimum Gasteiger partial charge on any atom is -0.507 e. The number of likely N-dealkylation sites (tertiary alicyclic amines) is 1. The Bertz CT molecular complexity index is 919. The van der Waals surface area contributed by atoms with E-state index in [4.69, 9.17) is 0 Å². The predicted octanol–water partition coefficient (Wildman–Crippen LogP) is 3.67. The van der Waals surface area contributed by atoms with Gasteiger partial charge in [-0.1, -0.05) is 55.7 Å². The molecule has 0 saturated carbocycles. The van der Waals surface area contributed by atoms with E-state index in [1.165, 1.54) is 11.9 Å². The summed E-state index contributed by atoms with van der Waals surface area (Å²) in [6.45, 7) is 3.82. The second-order valence-electron chi connectivity index (χ2n) is 8.94. The van der Waals surface area contributed by atoms with Crippen LogP contribution in [0.5, 0.6) is 5.75 Å². The van der Waals surface area contributed by atoms with Crippen LogP contribution < -0.4 is 0 Å². The average molecular weight is 442 g/mol. The van der Waals surface area contributed by atoms with Gasteiger partial charge in [0.05, 0.1) is 24.5 Å². The number of benzene rings is 1. The van der Waals surface area contributed by atoms with Gasteiger partial charge in [-0.15, -0.1) is 0 Å². The Kier molecular flexibility index (Phi) is 7.91. The summed E-state index contributed by atoms with van der Waals surface area (Å²) in [7, 11) is 1.50. The summed E-state index contributed by atoms with van der Waals surface area (Å²) in [6, 6.07) is 7.18. The molecule has 0 bridgehead atoms. The number of aliphatic hydroxyl groups is 2. The molecule has 0 spiro atoms. The second-order valence-corrected chi connectivity index (χ2v) is 8.94. The maximum atomic E-state index is 12.7. The Morgan fingerprint density at radius 3 is 2.53 bits per heavy atom. The number of phenolic OH excluding ortho intramolecular Hbond substituents is 1. The third-order valence-corrected chi connectivity index (χ3v) is 6.99. The maximum absolute atomic E-state index is 12.7. The molecular formula is C26H35NO5. The zero-order valence-electron chi connectivity index (χ0n) is 19.3. The number of fused-ring (bicyclic) bond motifs is 1. The normalized spacial score (nSPS) is 24.8. The van der Waals surface area contributed by atoms with Crippen molar-refractivity contribution in [2.24, 2.45) is 17.8 Å². The molecule has 1 aromatic rings. The van der Waals surface area contributed by atoms with Crippen LogP contribution in [0.15, 0.2) is 41.0 Å². The number of phenols is 1. The highest BCUT2D eigenvalue weighted by atomic mass is 16.3. The smallest absolute Gasteiger partial charge is 0.233 e. The molecule has 1 aromatic carbocycles. The fourth-order valence-corrected chi connectivity index (χ4v) is 5.35. The molecule has 32 heavy (non-hydrogen) atoms. The van der Waals surface area contributed by atoms with E-state index in [2.05, 4.69) is 6.92 Å². The Morgan fingerprint density at radius 1 is 1.19 bits per heavy atom. The average Bonchev–Trinajstić information content (AvgIpc) is 3.01. The molecule has 4 atom stereocenters. The summed E-state index contributed by atoms with van der Waals surface area (Å²) in [6.07, 6.45) is 5.24. The largest absolute Gasteiger partial charge is 0.507 e. The van der Waals surface area contributed by atoms with Crippen LogP contribution in [0.2, 0.25) is 0 Å². The summed E-state index contributed by atoms with van der Waals surface area (Å²) in [5.41, 5.74) is 3.61. The monoisotopic (exact) mass is 441 g/mol. The van der Waals surface area contributed by atoms with Crippen LogP contribution in [0.25, 0.3) is 6.08 Å². The van der Waals surface area contributed by atoms with Crippen molar-refractivity contribution in [3.8, 4) is 5.75 Å². The van der Waals surface area contributed by atoms with E-state index in [0.29, 0.717) is 25.7 Å². The van der Waals surface area contributed by atoms with Crippen molar-refractivity contribution in [1.82, 2.24) is 4.90 Å². The molecule has 1 heterocycles. The van der Waals surface area contributed by atoms with E-state index < -0.39 is 23.9 Å². The topological polar surface area (TPSA) is 98.1 Å². The van der Waals surface area contributed by atoms with Crippen molar-refractivity contribution in [3.63, 3.8) is 0 Å². The van der Waals surface area contributed by atoms with Crippen LogP contribution in [0.4, 0.5) is 0 Å². The summed E-state index contributed by atoms with van der Waals surface area (Å²) in [5.74, 6) is -1.78. The van der Waals surface area contributed by atoms with Gasteiger partial charge in [0, 0.05) is 18.5 Å². The lowest BCUT2D eigenvalue weighted by molar-refractivity contribution is -0.138. The van der Waals surface area contributed by atoms with Crippen molar-refractivity contribution >= 4 is 17.9 Å². The van der Waals surface area contributed by atoms with Crippen molar-refractivity contribution in [1.29, 1.82) is 0 Å². The lowest BCUT2D eigenvalue weighted by atomic mass is 9.67. The standard InChI is InChI=1S/C26H35NO5/c1-4-8-16(13-18-9-6-7-10-21(18)29)11-12-22(30)23-17(5-2)14-19-24(20(23)15-28)26(32)27(3)25(19)31/h6-7,9-10,13,19-20,22,24,28-30H,4-5,8,11-12,14-15H2,1-3H3/b16-13+/t19-,20+,22-,24-/m1/s1. The minimum absolute atomic E-state index is 0.186. The Balaban J connectivity index is 1.84. The number of aromatic hydroxyl groups is 1. The van der Waals surface area contributed by atoms with Crippen molar-refractivity contribution in [2.45, 2.75) is 58.5 Å². The first-order valence-corrected chi connectivity index (χ1v) is 11.6. The van der Waals surface area contributed by atoms with Gasteiger partial charge in [0.15, 0.2) is 0 Å². The van der Waals surface area contributed by atoms with Gasteiger partial charge in [0.1, 0.15) is 5.75 Å². The zero-order valence-corrected chi connectivity index (χ0v) is 19.3. The SMILES string of the molecule is CCC/C(=C\c1ccccc1O)CC[C@@H](O)C1=C(CC)C[C@H]2C(=O)N(C)C(=O)[C@H]2[C@H]1CO. The van der Waals surface area contributed by atoms with Gasteiger partial charge in [-0.05, 0) is 43.7 Å². The molecule has 2 amide bonds. The van der Waals surface area contributed by atoms with Crippen molar-refractivity contribution < 1.29 is 24.9 Å². The van der Waals surface area contributed by atoms with Crippen molar-refractivity contribution in [2.75, 3.05) is 13.7 Å². The van der Waals surface area contributed by atoms with Crippen LogP contribution in [0, 0.1) is 17.8 Å². The summed E-state index contributed by atoms with van der Waals surface area (Å²) < 4.78 is 0. The number of aliphatic hydroxyl groups excluding tert-OH is 2. The molecule has 2 aliphatic rings. The van der Waals surface area contributed by atoms with E-state index >= 15 is 0 Å². The molecule has 1 fully saturated rings. The molecule has 3 N–H and O–H groups in total. The highest BCUT2D eigenvalue weighted by molar-refractivity contribution is 6.05. The minimum atomic E-state index is -0.790. The van der Waals surface area contributed by atoms with E-state index in [0.717, 1.165) is 35.1 Å². The van der Waals surface area contributed by atoms with Gasteiger partial charge in [-0.3, -0.25) is 14.5 Å². The fraction of sp³-hybridized carbons (Fsp3) is 0.538. The number of nitrogens with zero attached hydrogens (tertiary/aromatic N) is 1. The number of carbonyl (C=O) groups is 2. The molecule has 0 aromatic heterocycles. The first-order valence-electron chi connectivity index (χ1n) is 11.6. The highest BCUT2D eigenvalue weighted by Crippen LogP contribution is 2.46. The molecule has 1 aliphatic carbocycles. The van der Waals surface area contributed by atoms with E-state index in [1.54, 1.807) is 12.1 Å². The van der Waals surface area contributed by atoms with Crippen LogP contribution in [0.3, 0.4) is 0 Å². The van der Waals surface area contributed by atoms with Crippen LogP contribution >= 0.6 is 0 Å². The van der Waals surface area contributed by atoms with Crippen molar-refractivity contribution in [3.05, 3.63) is 46.5 Å². The lowest BCUT2D eigenvalue weighted by Crippen LogP contribution is -2.39. The fourth-order valence-electron chi connectivity index (χ4n) is 5.35. The molecule has 6 heteroatoms. The number of amides is 2. The van der Waals surface area contributed by atoms with Gasteiger partial charge in [-0.25, -0.2) is 0 Å². The Hall–Kier alpha value is -2.44. The molecule has 0 radical (unpaired) electrons. The quantitative estimate of drug-likeness (QED) is 0.401. The van der Waals surface area contributed by atoms with Crippen LogP contribution in [-0.4, -0.2) is 51.8 Å². The summed E-state index contributed by atoms with van der Waals surface area (Å²) in [4.78, 5) is 26.4. The number of hydrogen-bond donors (Lipinski definition) is 3. The zero-order chi connectivity index (χ0) is 23.4. The van der Waals surface area contributed by atoms with E-state index in [1.807, 2.05) is 25.1 Å². The van der Waals surface area contributed by atoms with Gasteiger partial charge >= 0.3 is 0 Å². The van der Waals surface area contributed by atoms with E-state index in [9.17, 15) is 24.9 Å². The Morgan fingerprint density at radius 2 is 1.91 bits per heavy atom. The lowest BCUT2D eigenvalue weighted by Gasteiger charge is -2.36. The summed E-state index contributed by atoms with van der Waals surface area (Å²) in [5, 5.41) is 31.5. The van der Waals surface area contributed by atoms with Gasteiger partial charge in [0.25, 0.3) is 0 Å². The van der Waals surface area contributed by atoms with Crippen LogP contribution in [-0.2, 0) is 9.59 Å². The number of imide groups is 1. The third kappa shape index (κ3) is 4.66. The number of para-hydroxylation sites is 1. The second kappa shape index (κ2) is 10.5. The van der Waals surface area contributed by atoms with Gasteiger partial charge in [-0.2, -0.15) is 0 Å². The first-order chi connectivity index (χ1) is 15.3. The third-order valence-electron chi connectivity index (χ3n) is 6.99. The van der Waals surface area contributed by atoms with Gasteiger partial charge in [0.2, 0.25) is 11.8 Å². The molecule has 6 nitrogen and oxygen atoms in total. The molecular weight excluding hydrogens is 406 g/mol. The molecule has 0 unspecified atom stereocenters. The summed E-state index contributed by atoms with van der Waals surface area (Å²) >= 11 is 0. The number of carbonyl (C=O) groups excluding carboxylic acids is 2. The first kappa shape index (κ1) is 24.2. The molecule has 1 saturated heterocycles. The number of allylic oxidation sites excluding steroid dienone is 2. The maximum Gasteiger partial charge on any atom is 0.233 e. The molecule has 3 rings (SSSR count). The van der Waals surface area contributed by atoms with Crippen LogP contribution in [0.1, 0.15) is 57.9 Å². The number of rotatable bonds is 9. The molecule has 1 aliphatic heterocycles. The highest BCUT2D eigenvalue weighted by Gasteiger charge is 2.53. The Labute approximate surface area is 190 Å². The number of hydrogen-bond acceptors (Lipinski definition) is 5. The predicted molar refractivity (Wildman–Crippen MR) is 123 cm³/mol. The molecule has 174 valence electrons. The van der Waals surface area contributed by atoms with E-state index in [-0.39, 0.29) is 24.2 Å². The van der Waals surface area contributed by atoms with Gasteiger partial charge < -0.3 is 15.3 Å².